The number of halogens is 2. The van der Waals surface area contributed by atoms with Gasteiger partial charge in [-0.25, -0.2) is 4.98 Å². The fourth-order valence-electron chi connectivity index (χ4n) is 4.95. The molecular formula is C29H27Cl2N3O5. The van der Waals surface area contributed by atoms with Gasteiger partial charge in [0.25, 0.3) is 6.47 Å². The number of hydrogen-bond donors (Lipinski definition) is 1. The summed E-state index contributed by atoms with van der Waals surface area (Å²) in [5.41, 5.74) is 3.19. The minimum Gasteiger partial charge on any atom is -0.471 e. The molecular weight excluding hydrogens is 541 g/mol. The summed E-state index contributed by atoms with van der Waals surface area (Å²) < 4.78 is 16.6. The number of aryl methyl sites for hydroxylation is 1. The zero-order chi connectivity index (χ0) is 27.7. The molecule has 0 aliphatic heterocycles. The van der Waals surface area contributed by atoms with E-state index in [9.17, 15) is 9.90 Å². The molecule has 10 heteroatoms. The van der Waals surface area contributed by atoms with Gasteiger partial charge in [0.05, 0.1) is 33.7 Å². The minimum atomic E-state index is -1.10. The Kier molecular flexibility index (Phi) is 7.62. The van der Waals surface area contributed by atoms with Gasteiger partial charge >= 0.3 is 0 Å². The van der Waals surface area contributed by atoms with Gasteiger partial charge in [0, 0.05) is 11.5 Å². The van der Waals surface area contributed by atoms with Crippen LogP contribution >= 0.6 is 23.2 Å². The molecule has 1 saturated carbocycles. The van der Waals surface area contributed by atoms with E-state index >= 15 is 0 Å². The first-order valence-corrected chi connectivity index (χ1v) is 13.3. The van der Waals surface area contributed by atoms with Crippen LogP contribution < -0.4 is 9.47 Å². The van der Waals surface area contributed by atoms with Crippen LogP contribution in [0.15, 0.2) is 53.3 Å². The van der Waals surface area contributed by atoms with E-state index in [0.717, 1.165) is 16.7 Å². The average Bonchev–Trinajstić information content (AvgIpc) is 3.29. The summed E-state index contributed by atoms with van der Waals surface area (Å²) in [6, 6.07) is 10.9. The topological polar surface area (TPSA) is 108 Å². The predicted molar refractivity (Wildman–Crippen MR) is 146 cm³/mol. The number of carbonyl (C=O) groups is 1. The van der Waals surface area contributed by atoms with E-state index < -0.39 is 5.60 Å². The number of aliphatic hydroxyl groups is 1. The SMILES string of the molecule is Cc1cc(OC=O)cc(C2CC(O)(c3cnc(OCc4c(-c5c(Cl)cccc5Cl)noc4C(C)C)cn3)C2)c1. The second kappa shape index (κ2) is 11.0. The maximum atomic E-state index is 11.2. The largest absolute Gasteiger partial charge is 0.471 e. The molecule has 202 valence electrons. The van der Waals surface area contributed by atoms with E-state index in [0.29, 0.717) is 63.7 Å². The summed E-state index contributed by atoms with van der Waals surface area (Å²) in [5, 5.41) is 16.3. The second-order valence-electron chi connectivity index (χ2n) is 10.1. The monoisotopic (exact) mass is 567 g/mol. The van der Waals surface area contributed by atoms with Gasteiger partial charge in [-0.2, -0.15) is 0 Å². The van der Waals surface area contributed by atoms with Crippen molar-refractivity contribution in [2.75, 3.05) is 0 Å². The fraction of sp³-hybridized carbons (Fsp3) is 0.310. The smallest absolute Gasteiger partial charge is 0.298 e. The van der Waals surface area contributed by atoms with Crippen LogP contribution in [0.5, 0.6) is 11.6 Å². The Hall–Kier alpha value is -3.46. The second-order valence-corrected chi connectivity index (χ2v) is 10.9. The van der Waals surface area contributed by atoms with Crippen LogP contribution in [0.3, 0.4) is 0 Å². The number of benzene rings is 2. The van der Waals surface area contributed by atoms with Crippen molar-refractivity contribution in [1.29, 1.82) is 0 Å². The Labute approximate surface area is 235 Å². The minimum absolute atomic E-state index is 0.0508. The molecule has 0 saturated heterocycles. The highest BCUT2D eigenvalue weighted by Crippen LogP contribution is 2.50. The third-order valence-corrected chi connectivity index (χ3v) is 7.54. The maximum absolute atomic E-state index is 11.2. The fourth-order valence-corrected chi connectivity index (χ4v) is 5.53. The lowest BCUT2D eigenvalue weighted by molar-refractivity contribution is -0.120. The van der Waals surface area contributed by atoms with Gasteiger partial charge in [-0.15, -0.1) is 0 Å². The Morgan fingerprint density at radius 2 is 1.90 bits per heavy atom. The normalized spacial score (nSPS) is 18.6. The molecule has 2 aromatic carbocycles. The molecule has 1 N–H and O–H groups in total. The first kappa shape index (κ1) is 27.1. The first-order chi connectivity index (χ1) is 18.7. The summed E-state index contributed by atoms with van der Waals surface area (Å²) in [6.45, 7) is 6.46. The van der Waals surface area contributed by atoms with Crippen LogP contribution in [0.2, 0.25) is 10.0 Å². The van der Waals surface area contributed by atoms with Gasteiger partial charge in [0.15, 0.2) is 0 Å². The number of carbonyl (C=O) groups excluding carboxylic acids is 1. The van der Waals surface area contributed by atoms with Crippen molar-refractivity contribution in [2.45, 2.75) is 57.7 Å². The predicted octanol–water partition coefficient (Wildman–Crippen LogP) is 6.75. The first-order valence-electron chi connectivity index (χ1n) is 12.5. The van der Waals surface area contributed by atoms with Crippen LogP contribution in [-0.4, -0.2) is 26.7 Å². The van der Waals surface area contributed by atoms with E-state index in [-0.39, 0.29) is 18.4 Å². The molecule has 1 aliphatic rings. The van der Waals surface area contributed by atoms with Crippen LogP contribution in [0, 0.1) is 6.92 Å². The van der Waals surface area contributed by atoms with Gasteiger partial charge < -0.3 is 19.1 Å². The molecule has 0 spiro atoms. The molecule has 0 bridgehead atoms. The molecule has 2 heterocycles. The van der Waals surface area contributed by atoms with Gasteiger partial charge in [0.1, 0.15) is 29.4 Å². The van der Waals surface area contributed by atoms with E-state index in [1.165, 1.54) is 12.4 Å². The van der Waals surface area contributed by atoms with Crippen LogP contribution in [0.1, 0.15) is 66.7 Å². The standard InChI is InChI=1S/C29H27Cl2N3O5/c1-16(2)28-21(27(34-39-28)26-22(30)5-4-6-23(26)31)14-37-25-13-32-24(12-33-25)29(36)10-19(11-29)18-7-17(3)8-20(9-18)38-15-35/h4-9,12-13,15-16,19,36H,10-11,14H2,1-3H3. The van der Waals surface area contributed by atoms with E-state index in [1.54, 1.807) is 24.3 Å². The molecule has 8 nitrogen and oxygen atoms in total. The molecule has 4 aromatic rings. The Morgan fingerprint density at radius 1 is 1.15 bits per heavy atom. The molecule has 39 heavy (non-hydrogen) atoms. The third-order valence-electron chi connectivity index (χ3n) is 6.91. The quantitative estimate of drug-likeness (QED) is 0.221. The molecule has 2 aromatic heterocycles. The van der Waals surface area contributed by atoms with Gasteiger partial charge in [0.2, 0.25) is 5.88 Å². The van der Waals surface area contributed by atoms with Crippen molar-refractivity contribution in [3.63, 3.8) is 0 Å². The maximum Gasteiger partial charge on any atom is 0.298 e. The highest BCUT2D eigenvalue weighted by molar-refractivity contribution is 6.39. The van der Waals surface area contributed by atoms with Crippen LogP contribution in [-0.2, 0) is 17.0 Å². The van der Waals surface area contributed by atoms with Crippen molar-refractivity contribution in [1.82, 2.24) is 15.1 Å². The lowest BCUT2D eigenvalue weighted by atomic mass is 9.66. The zero-order valence-electron chi connectivity index (χ0n) is 21.6. The molecule has 5 rings (SSSR count). The summed E-state index contributed by atoms with van der Waals surface area (Å²) in [6.07, 6.45) is 3.98. The van der Waals surface area contributed by atoms with E-state index in [4.69, 9.17) is 37.2 Å². The van der Waals surface area contributed by atoms with Gasteiger partial charge in [-0.05, 0) is 61.1 Å². The molecule has 0 amide bonds. The van der Waals surface area contributed by atoms with Crippen LogP contribution in [0.4, 0.5) is 0 Å². The average molecular weight is 568 g/mol. The number of rotatable bonds is 9. The number of ether oxygens (including phenoxy) is 2. The van der Waals surface area contributed by atoms with Crippen molar-refractivity contribution in [3.8, 4) is 22.9 Å². The summed E-state index contributed by atoms with van der Waals surface area (Å²) in [7, 11) is 0. The molecule has 0 atom stereocenters. The summed E-state index contributed by atoms with van der Waals surface area (Å²) in [4.78, 5) is 19.6. The Bertz CT molecular complexity index is 1480. The molecule has 0 radical (unpaired) electrons. The lowest BCUT2D eigenvalue weighted by Crippen LogP contribution is -2.40. The van der Waals surface area contributed by atoms with Gasteiger partial charge in [-0.1, -0.05) is 54.3 Å². The van der Waals surface area contributed by atoms with Crippen molar-refractivity contribution in [3.05, 3.63) is 87.0 Å². The highest BCUT2D eigenvalue weighted by atomic mass is 35.5. The van der Waals surface area contributed by atoms with Crippen molar-refractivity contribution < 1.29 is 23.9 Å². The lowest BCUT2D eigenvalue weighted by Gasteiger charge is -2.43. The number of nitrogens with zero attached hydrogens (tertiary/aromatic N) is 3. The zero-order valence-corrected chi connectivity index (χ0v) is 23.2. The van der Waals surface area contributed by atoms with Crippen molar-refractivity contribution in [2.24, 2.45) is 0 Å². The Morgan fingerprint density at radius 3 is 2.54 bits per heavy atom. The summed E-state index contributed by atoms with van der Waals surface area (Å²) in [5.74, 6) is 1.61. The van der Waals surface area contributed by atoms with E-state index in [2.05, 4.69) is 15.1 Å². The Balaban J connectivity index is 1.29. The molecule has 1 fully saturated rings. The van der Waals surface area contributed by atoms with Crippen LogP contribution in [0.25, 0.3) is 11.3 Å². The molecule has 0 unspecified atom stereocenters. The van der Waals surface area contributed by atoms with Gasteiger partial charge in [-0.3, -0.25) is 9.78 Å². The highest BCUT2D eigenvalue weighted by Gasteiger charge is 2.46. The molecule has 1 aliphatic carbocycles. The summed E-state index contributed by atoms with van der Waals surface area (Å²) >= 11 is 12.9. The number of hydrogen-bond acceptors (Lipinski definition) is 8. The number of aromatic nitrogens is 3. The third kappa shape index (κ3) is 5.50. The van der Waals surface area contributed by atoms with Crippen molar-refractivity contribution >= 4 is 29.7 Å². The van der Waals surface area contributed by atoms with E-state index in [1.807, 2.05) is 32.9 Å².